The van der Waals surface area contributed by atoms with E-state index >= 15 is 0 Å². The zero-order valence-electron chi connectivity index (χ0n) is 5.56. The van der Waals surface area contributed by atoms with Crippen LogP contribution < -0.4 is 0 Å². The Morgan fingerprint density at radius 1 is 1.45 bits per heavy atom. The highest BCUT2D eigenvalue weighted by Crippen LogP contribution is 2.27. The molecule has 5 heteroatoms. The first-order valence-corrected chi connectivity index (χ1v) is 4.01. The fourth-order valence-corrected chi connectivity index (χ4v) is 0.691. The summed E-state index contributed by atoms with van der Waals surface area (Å²) < 4.78 is -1.42. The zero-order chi connectivity index (χ0) is 8.91. The highest BCUT2D eigenvalue weighted by atomic mass is 35.6. The van der Waals surface area contributed by atoms with Crippen LogP contribution in [-0.2, 0) is 4.79 Å². The Labute approximate surface area is 79.7 Å². The molecule has 0 bridgehead atoms. The highest BCUT2D eigenvalue weighted by molar-refractivity contribution is 6.68. The molecule has 0 atom stereocenters. The normalized spacial score (nSPS) is 12.3. The molecule has 0 aromatic carbocycles. The summed E-state index contributed by atoms with van der Waals surface area (Å²) in [5.41, 5.74) is 0. The van der Waals surface area contributed by atoms with Gasteiger partial charge in [-0.2, -0.15) is 0 Å². The molecule has 0 aliphatic rings. The summed E-state index contributed by atoms with van der Waals surface area (Å²) in [6, 6.07) is 0. The first-order valence-electron chi connectivity index (χ1n) is 2.88. The molecule has 64 valence electrons. The van der Waals surface area contributed by atoms with E-state index in [4.69, 9.17) is 39.9 Å². The lowest BCUT2D eigenvalue weighted by Crippen LogP contribution is -1.95. The maximum Gasteiger partial charge on any atom is 0.303 e. The van der Waals surface area contributed by atoms with E-state index in [1.54, 1.807) is 0 Å². The fourth-order valence-electron chi connectivity index (χ4n) is 0.424. The standard InChI is InChI=1S/C6H7Cl3O2/c7-6(8,9)4-2-1-3-5(10)11/h2,4H,1,3H2,(H,10,11). The number of carboxylic acids is 1. The molecule has 0 aliphatic carbocycles. The predicted molar refractivity (Wildman–Crippen MR) is 46.3 cm³/mol. The molecule has 0 unspecified atom stereocenters. The molecule has 0 saturated heterocycles. The van der Waals surface area contributed by atoms with E-state index in [2.05, 4.69) is 0 Å². The van der Waals surface area contributed by atoms with Crippen molar-refractivity contribution in [2.75, 3.05) is 0 Å². The van der Waals surface area contributed by atoms with Crippen LogP contribution in [0.1, 0.15) is 12.8 Å². The second-order valence-corrected chi connectivity index (χ2v) is 4.25. The van der Waals surface area contributed by atoms with Gasteiger partial charge in [0.1, 0.15) is 0 Å². The van der Waals surface area contributed by atoms with Gasteiger partial charge in [-0.3, -0.25) is 4.79 Å². The van der Waals surface area contributed by atoms with Gasteiger partial charge in [0.25, 0.3) is 0 Å². The number of carbonyl (C=O) groups is 1. The van der Waals surface area contributed by atoms with Gasteiger partial charge < -0.3 is 5.11 Å². The van der Waals surface area contributed by atoms with E-state index in [0.717, 1.165) is 0 Å². The molecule has 2 nitrogen and oxygen atoms in total. The second-order valence-electron chi connectivity index (χ2n) is 1.88. The van der Waals surface area contributed by atoms with Crippen molar-refractivity contribution in [3.8, 4) is 0 Å². The highest BCUT2D eigenvalue weighted by Gasteiger charge is 2.13. The topological polar surface area (TPSA) is 37.3 Å². The van der Waals surface area contributed by atoms with Gasteiger partial charge in [0.2, 0.25) is 3.79 Å². The summed E-state index contributed by atoms with van der Waals surface area (Å²) in [6.07, 6.45) is 3.29. The van der Waals surface area contributed by atoms with Crippen molar-refractivity contribution in [2.24, 2.45) is 0 Å². The maximum atomic E-state index is 9.99. The molecule has 1 N–H and O–H groups in total. The third-order valence-electron chi connectivity index (χ3n) is 0.832. The van der Waals surface area contributed by atoms with Gasteiger partial charge in [0.15, 0.2) is 0 Å². The summed E-state index contributed by atoms with van der Waals surface area (Å²) in [5.74, 6) is -0.862. The Bertz CT molecular complexity index is 160. The summed E-state index contributed by atoms with van der Waals surface area (Å²) in [7, 11) is 0. The van der Waals surface area contributed by atoms with Crippen LogP contribution in [0.25, 0.3) is 0 Å². The lowest BCUT2D eigenvalue weighted by Gasteiger charge is -2.01. The molecule has 0 spiro atoms. The summed E-state index contributed by atoms with van der Waals surface area (Å²) in [4.78, 5) is 9.99. The third-order valence-corrected chi connectivity index (χ3v) is 1.21. The van der Waals surface area contributed by atoms with E-state index in [1.165, 1.54) is 12.2 Å². The van der Waals surface area contributed by atoms with Gasteiger partial charge in [0, 0.05) is 6.42 Å². The Kier molecular flexibility index (Phi) is 4.89. The van der Waals surface area contributed by atoms with Crippen LogP contribution in [0, 0.1) is 0 Å². The Hall–Kier alpha value is 0.0800. The van der Waals surface area contributed by atoms with Crippen LogP contribution >= 0.6 is 34.8 Å². The van der Waals surface area contributed by atoms with Crippen LogP contribution in [0.2, 0.25) is 0 Å². The Morgan fingerprint density at radius 3 is 2.36 bits per heavy atom. The molecular weight excluding hydrogens is 210 g/mol. The number of aliphatic carboxylic acids is 1. The molecule has 0 amide bonds. The summed E-state index contributed by atoms with van der Waals surface area (Å²) in [5, 5.41) is 8.21. The van der Waals surface area contributed by atoms with Crippen molar-refractivity contribution in [1.82, 2.24) is 0 Å². The van der Waals surface area contributed by atoms with Crippen molar-refractivity contribution >= 4 is 40.8 Å². The number of hydrogen-bond donors (Lipinski definition) is 1. The van der Waals surface area contributed by atoms with Crippen LogP contribution in [-0.4, -0.2) is 14.9 Å². The number of allylic oxidation sites excluding steroid dienone is 2. The fraction of sp³-hybridized carbons (Fsp3) is 0.500. The monoisotopic (exact) mass is 216 g/mol. The predicted octanol–water partition coefficient (Wildman–Crippen LogP) is 2.78. The van der Waals surface area contributed by atoms with Crippen LogP contribution in [0.3, 0.4) is 0 Å². The SMILES string of the molecule is O=C(O)CCC=CC(Cl)(Cl)Cl. The number of halogens is 3. The average Bonchev–Trinajstić information content (AvgIpc) is 1.78. The van der Waals surface area contributed by atoms with Gasteiger partial charge in [0.05, 0.1) is 0 Å². The van der Waals surface area contributed by atoms with Gasteiger partial charge >= 0.3 is 5.97 Å². The second kappa shape index (κ2) is 4.86. The number of carboxylic acid groups (broad SMARTS) is 1. The van der Waals surface area contributed by atoms with Crippen LogP contribution in [0.5, 0.6) is 0 Å². The molecule has 0 aromatic heterocycles. The molecule has 0 aromatic rings. The zero-order valence-corrected chi connectivity index (χ0v) is 7.83. The molecule has 11 heavy (non-hydrogen) atoms. The molecule has 0 aliphatic heterocycles. The molecular formula is C6H7Cl3O2. The minimum absolute atomic E-state index is 0.0528. The number of rotatable bonds is 3. The summed E-state index contributed by atoms with van der Waals surface area (Å²) in [6.45, 7) is 0. The van der Waals surface area contributed by atoms with Gasteiger partial charge in [-0.1, -0.05) is 40.9 Å². The Balaban J connectivity index is 3.54. The van der Waals surface area contributed by atoms with Crippen LogP contribution in [0.15, 0.2) is 12.2 Å². The molecule has 0 fully saturated rings. The number of hydrogen-bond acceptors (Lipinski definition) is 1. The molecule has 0 saturated carbocycles. The first kappa shape index (κ1) is 11.1. The first-order chi connectivity index (χ1) is 4.92. The lowest BCUT2D eigenvalue weighted by molar-refractivity contribution is -0.136. The van der Waals surface area contributed by atoms with Crippen molar-refractivity contribution in [3.63, 3.8) is 0 Å². The smallest absolute Gasteiger partial charge is 0.303 e. The van der Waals surface area contributed by atoms with E-state index in [9.17, 15) is 4.79 Å². The van der Waals surface area contributed by atoms with E-state index in [0.29, 0.717) is 6.42 Å². The van der Waals surface area contributed by atoms with Crippen molar-refractivity contribution in [2.45, 2.75) is 16.6 Å². The van der Waals surface area contributed by atoms with Crippen molar-refractivity contribution < 1.29 is 9.90 Å². The van der Waals surface area contributed by atoms with Gasteiger partial charge in [-0.15, -0.1) is 0 Å². The van der Waals surface area contributed by atoms with Gasteiger partial charge in [-0.05, 0) is 12.5 Å². The molecule has 0 rings (SSSR count). The van der Waals surface area contributed by atoms with E-state index in [-0.39, 0.29) is 6.42 Å². The lowest BCUT2D eigenvalue weighted by atomic mass is 10.3. The quantitative estimate of drug-likeness (QED) is 0.583. The minimum Gasteiger partial charge on any atom is -0.481 e. The third kappa shape index (κ3) is 10.1. The van der Waals surface area contributed by atoms with Crippen LogP contribution in [0.4, 0.5) is 0 Å². The minimum atomic E-state index is -1.42. The largest absolute Gasteiger partial charge is 0.481 e. The van der Waals surface area contributed by atoms with E-state index < -0.39 is 9.76 Å². The Morgan fingerprint density at radius 2 is 2.00 bits per heavy atom. The van der Waals surface area contributed by atoms with Crippen molar-refractivity contribution in [1.29, 1.82) is 0 Å². The molecule has 0 radical (unpaired) electrons. The number of alkyl halides is 3. The van der Waals surface area contributed by atoms with Crippen molar-refractivity contribution in [3.05, 3.63) is 12.2 Å². The van der Waals surface area contributed by atoms with Gasteiger partial charge in [-0.25, -0.2) is 0 Å². The van der Waals surface area contributed by atoms with E-state index in [1.807, 2.05) is 0 Å². The average molecular weight is 217 g/mol. The molecule has 0 heterocycles. The summed E-state index contributed by atoms with van der Waals surface area (Å²) >= 11 is 16.0. The maximum absolute atomic E-state index is 9.99.